The fourth-order valence-corrected chi connectivity index (χ4v) is 1.25. The first-order valence-corrected chi connectivity index (χ1v) is 4.15. The molecule has 0 spiro atoms. The van der Waals surface area contributed by atoms with Gasteiger partial charge < -0.3 is 9.84 Å². The van der Waals surface area contributed by atoms with Crippen LogP contribution in [-0.2, 0) is 0 Å². The summed E-state index contributed by atoms with van der Waals surface area (Å²) in [5, 5.41) is 9.68. The SMILES string of the molecule is C=CC(=O)c1c(C)ccc(OC)c1O. The molecule has 0 radical (unpaired) electrons. The highest BCUT2D eigenvalue weighted by Gasteiger charge is 2.15. The summed E-state index contributed by atoms with van der Waals surface area (Å²) < 4.78 is 4.90. The summed E-state index contributed by atoms with van der Waals surface area (Å²) in [6.07, 6.45) is 1.17. The van der Waals surface area contributed by atoms with Gasteiger partial charge >= 0.3 is 0 Å². The van der Waals surface area contributed by atoms with Crippen molar-refractivity contribution in [2.24, 2.45) is 0 Å². The molecule has 0 saturated carbocycles. The normalized spacial score (nSPS) is 9.57. The van der Waals surface area contributed by atoms with E-state index in [0.29, 0.717) is 11.3 Å². The third-order valence-corrected chi connectivity index (χ3v) is 2.00. The van der Waals surface area contributed by atoms with E-state index in [4.69, 9.17) is 4.74 Å². The van der Waals surface area contributed by atoms with E-state index in [0.717, 1.165) is 0 Å². The maximum absolute atomic E-state index is 11.4. The zero-order chi connectivity index (χ0) is 10.7. The number of rotatable bonds is 3. The molecule has 1 aromatic rings. The summed E-state index contributed by atoms with van der Waals surface area (Å²) in [5.41, 5.74) is 0.951. The summed E-state index contributed by atoms with van der Waals surface area (Å²) in [4.78, 5) is 11.4. The molecule has 0 unspecified atom stereocenters. The van der Waals surface area contributed by atoms with Gasteiger partial charge in [-0.1, -0.05) is 12.6 Å². The zero-order valence-electron chi connectivity index (χ0n) is 8.20. The van der Waals surface area contributed by atoms with Crippen LogP contribution in [0.4, 0.5) is 0 Å². The minimum absolute atomic E-state index is 0.127. The molecule has 0 atom stereocenters. The standard InChI is InChI=1S/C11H12O3/c1-4-8(12)10-7(2)5-6-9(14-3)11(10)13/h4-6,13H,1H2,2-3H3. The second-order valence-electron chi connectivity index (χ2n) is 2.88. The third kappa shape index (κ3) is 1.62. The Bertz CT molecular complexity index is 380. The molecule has 0 aliphatic heterocycles. The van der Waals surface area contributed by atoms with Gasteiger partial charge in [0.1, 0.15) is 0 Å². The van der Waals surface area contributed by atoms with Gasteiger partial charge in [-0.05, 0) is 24.6 Å². The van der Waals surface area contributed by atoms with Crippen LogP contribution in [0.3, 0.4) is 0 Å². The van der Waals surface area contributed by atoms with Gasteiger partial charge in [-0.15, -0.1) is 0 Å². The summed E-state index contributed by atoms with van der Waals surface area (Å²) >= 11 is 0. The van der Waals surface area contributed by atoms with Crippen molar-refractivity contribution in [2.75, 3.05) is 7.11 Å². The third-order valence-electron chi connectivity index (χ3n) is 2.00. The van der Waals surface area contributed by atoms with Crippen molar-refractivity contribution in [1.29, 1.82) is 0 Å². The van der Waals surface area contributed by atoms with E-state index < -0.39 is 0 Å². The molecule has 0 bridgehead atoms. The molecule has 14 heavy (non-hydrogen) atoms. The molecule has 1 rings (SSSR count). The van der Waals surface area contributed by atoms with E-state index in [-0.39, 0.29) is 17.1 Å². The minimum atomic E-state index is -0.307. The van der Waals surface area contributed by atoms with Crippen LogP contribution >= 0.6 is 0 Å². The van der Waals surface area contributed by atoms with Crippen LogP contribution in [0.2, 0.25) is 0 Å². The van der Waals surface area contributed by atoms with Crippen LogP contribution in [0.5, 0.6) is 11.5 Å². The molecule has 0 heterocycles. The Labute approximate surface area is 82.6 Å². The topological polar surface area (TPSA) is 46.5 Å². The second-order valence-corrected chi connectivity index (χ2v) is 2.88. The van der Waals surface area contributed by atoms with Crippen LogP contribution in [-0.4, -0.2) is 18.0 Å². The maximum atomic E-state index is 11.4. The lowest BCUT2D eigenvalue weighted by atomic mass is 10.0. The van der Waals surface area contributed by atoms with E-state index in [1.807, 2.05) is 0 Å². The Hall–Kier alpha value is -1.77. The van der Waals surface area contributed by atoms with Crippen molar-refractivity contribution in [3.63, 3.8) is 0 Å². The van der Waals surface area contributed by atoms with Crippen LogP contribution in [0, 0.1) is 6.92 Å². The highest BCUT2D eigenvalue weighted by Crippen LogP contribution is 2.32. The number of carbonyl (C=O) groups excluding carboxylic acids is 1. The molecule has 0 saturated heterocycles. The van der Waals surface area contributed by atoms with Crippen LogP contribution in [0.15, 0.2) is 24.8 Å². The summed E-state index contributed by atoms with van der Waals surface area (Å²) in [6, 6.07) is 3.33. The van der Waals surface area contributed by atoms with Crippen molar-refractivity contribution in [3.8, 4) is 11.5 Å². The molecule has 0 aromatic heterocycles. The Morgan fingerprint density at radius 2 is 2.21 bits per heavy atom. The number of phenolic OH excluding ortho intramolecular Hbond substituents is 1. The van der Waals surface area contributed by atoms with Crippen molar-refractivity contribution in [1.82, 2.24) is 0 Å². The Morgan fingerprint density at radius 1 is 1.57 bits per heavy atom. The van der Waals surface area contributed by atoms with Gasteiger partial charge in [0.05, 0.1) is 12.7 Å². The molecule has 0 aliphatic carbocycles. The van der Waals surface area contributed by atoms with Gasteiger partial charge in [0.2, 0.25) is 0 Å². The summed E-state index contributed by atoms with van der Waals surface area (Å²) in [7, 11) is 1.44. The number of allylic oxidation sites excluding steroid dienone is 1. The van der Waals surface area contributed by atoms with E-state index >= 15 is 0 Å². The monoisotopic (exact) mass is 192 g/mol. The fraction of sp³-hybridized carbons (Fsp3) is 0.182. The molecule has 0 amide bonds. The molecule has 1 aromatic carbocycles. The van der Waals surface area contributed by atoms with E-state index in [2.05, 4.69) is 6.58 Å². The van der Waals surface area contributed by atoms with Crippen molar-refractivity contribution < 1.29 is 14.6 Å². The lowest BCUT2D eigenvalue weighted by Crippen LogP contribution is -1.99. The first kappa shape index (κ1) is 10.3. The number of ketones is 1. The van der Waals surface area contributed by atoms with Gasteiger partial charge in [0, 0.05) is 0 Å². The highest BCUT2D eigenvalue weighted by molar-refractivity contribution is 6.07. The van der Waals surface area contributed by atoms with Crippen LogP contribution in [0.25, 0.3) is 0 Å². The molecule has 3 heteroatoms. The molecule has 0 aliphatic rings. The number of carbonyl (C=O) groups is 1. The largest absolute Gasteiger partial charge is 0.504 e. The van der Waals surface area contributed by atoms with E-state index in [9.17, 15) is 9.90 Å². The maximum Gasteiger partial charge on any atom is 0.189 e. The Kier molecular flexibility index (Phi) is 2.92. The van der Waals surface area contributed by atoms with Crippen molar-refractivity contribution in [2.45, 2.75) is 6.92 Å². The van der Waals surface area contributed by atoms with Gasteiger partial charge in [-0.3, -0.25) is 4.79 Å². The van der Waals surface area contributed by atoms with Crippen LogP contribution in [0.1, 0.15) is 15.9 Å². The summed E-state index contributed by atoms with van der Waals surface area (Å²) in [5.74, 6) is -0.142. The number of ether oxygens (including phenoxy) is 1. The predicted molar refractivity (Wildman–Crippen MR) is 53.9 cm³/mol. The van der Waals surface area contributed by atoms with Gasteiger partial charge in [-0.25, -0.2) is 0 Å². The average Bonchev–Trinajstić information content (AvgIpc) is 2.18. The lowest BCUT2D eigenvalue weighted by Gasteiger charge is -2.09. The molecule has 74 valence electrons. The second kappa shape index (κ2) is 3.96. The van der Waals surface area contributed by atoms with E-state index in [1.54, 1.807) is 19.1 Å². The number of phenols is 1. The number of hydrogen-bond acceptors (Lipinski definition) is 3. The van der Waals surface area contributed by atoms with Crippen molar-refractivity contribution >= 4 is 5.78 Å². The molecular formula is C11H12O3. The Balaban J connectivity index is 3.39. The number of hydrogen-bond donors (Lipinski definition) is 1. The fourth-order valence-electron chi connectivity index (χ4n) is 1.25. The number of aryl methyl sites for hydroxylation is 1. The van der Waals surface area contributed by atoms with Gasteiger partial charge in [0.25, 0.3) is 0 Å². The van der Waals surface area contributed by atoms with Gasteiger partial charge in [-0.2, -0.15) is 0 Å². The Morgan fingerprint density at radius 3 is 2.71 bits per heavy atom. The quantitative estimate of drug-likeness (QED) is 0.589. The molecule has 0 fully saturated rings. The minimum Gasteiger partial charge on any atom is -0.504 e. The van der Waals surface area contributed by atoms with E-state index in [1.165, 1.54) is 13.2 Å². The smallest absolute Gasteiger partial charge is 0.189 e. The molecule has 3 nitrogen and oxygen atoms in total. The van der Waals surface area contributed by atoms with Crippen LogP contribution < -0.4 is 4.74 Å². The summed E-state index contributed by atoms with van der Waals surface area (Å²) in [6.45, 7) is 5.12. The lowest BCUT2D eigenvalue weighted by molar-refractivity contribution is 0.104. The number of benzene rings is 1. The predicted octanol–water partition coefficient (Wildman–Crippen LogP) is 2.08. The van der Waals surface area contributed by atoms with Gasteiger partial charge in [0.15, 0.2) is 17.3 Å². The first-order valence-electron chi connectivity index (χ1n) is 4.15. The number of aromatic hydroxyl groups is 1. The zero-order valence-corrected chi connectivity index (χ0v) is 8.20. The highest BCUT2D eigenvalue weighted by atomic mass is 16.5. The molecular weight excluding hydrogens is 180 g/mol. The number of methoxy groups -OCH3 is 1. The average molecular weight is 192 g/mol. The first-order chi connectivity index (χ1) is 6.61. The molecule has 1 N–H and O–H groups in total. The van der Waals surface area contributed by atoms with Crippen molar-refractivity contribution in [3.05, 3.63) is 35.9 Å².